The monoisotopic (exact) mass is 423 g/mol. The van der Waals surface area contributed by atoms with Crippen molar-refractivity contribution in [3.05, 3.63) is 51.8 Å². The maximum absolute atomic E-state index is 12.5. The first-order chi connectivity index (χ1) is 13.2. The summed E-state index contributed by atoms with van der Waals surface area (Å²) in [7, 11) is 0. The molecule has 0 saturated carbocycles. The molecular formula is C20H27Cl2N5O. The van der Waals surface area contributed by atoms with Crippen molar-refractivity contribution >= 4 is 29.9 Å². The number of halogens is 2. The van der Waals surface area contributed by atoms with Crippen LogP contribution in [0.15, 0.2) is 24.3 Å². The fourth-order valence-corrected chi connectivity index (χ4v) is 4.15. The van der Waals surface area contributed by atoms with Gasteiger partial charge in [0.2, 0.25) is 0 Å². The molecule has 2 aliphatic heterocycles. The number of likely N-dealkylation sites (tertiary alicyclic amines) is 1. The van der Waals surface area contributed by atoms with Crippen molar-refractivity contribution in [2.45, 2.75) is 32.4 Å². The van der Waals surface area contributed by atoms with Gasteiger partial charge in [-0.2, -0.15) is 5.10 Å². The number of amides is 1. The van der Waals surface area contributed by atoms with Crippen molar-refractivity contribution in [2.75, 3.05) is 26.2 Å². The summed E-state index contributed by atoms with van der Waals surface area (Å²) in [6.45, 7) is 5.33. The summed E-state index contributed by atoms with van der Waals surface area (Å²) < 4.78 is 0. The van der Waals surface area contributed by atoms with Crippen LogP contribution in [0.2, 0.25) is 5.02 Å². The van der Waals surface area contributed by atoms with Gasteiger partial charge in [0, 0.05) is 48.9 Å². The molecule has 2 aromatic rings. The van der Waals surface area contributed by atoms with Crippen LogP contribution in [0, 0.1) is 5.92 Å². The lowest BCUT2D eigenvalue weighted by Gasteiger charge is -2.32. The van der Waals surface area contributed by atoms with Crippen LogP contribution in [-0.2, 0) is 19.5 Å². The molecule has 1 amide bonds. The number of H-pyrrole nitrogens is 1. The second-order valence-electron chi connectivity index (χ2n) is 7.48. The minimum Gasteiger partial charge on any atom is -0.350 e. The van der Waals surface area contributed by atoms with E-state index in [0.717, 1.165) is 68.3 Å². The zero-order valence-corrected chi connectivity index (χ0v) is 17.4. The Kier molecular flexibility index (Phi) is 7.35. The van der Waals surface area contributed by atoms with E-state index in [4.69, 9.17) is 11.6 Å². The van der Waals surface area contributed by atoms with Crippen molar-refractivity contribution in [3.8, 4) is 0 Å². The van der Waals surface area contributed by atoms with Gasteiger partial charge in [0.25, 0.3) is 5.91 Å². The third-order valence-corrected chi connectivity index (χ3v) is 6.00. The highest BCUT2D eigenvalue weighted by Gasteiger charge is 2.24. The number of hydrogen-bond donors (Lipinski definition) is 3. The lowest BCUT2D eigenvalue weighted by atomic mass is 9.96. The van der Waals surface area contributed by atoms with Gasteiger partial charge in [0.05, 0.1) is 0 Å². The smallest absolute Gasteiger partial charge is 0.272 e. The van der Waals surface area contributed by atoms with Gasteiger partial charge in [-0.25, -0.2) is 0 Å². The standard InChI is InChI=1S/C20H26ClN5O.ClH/c21-17-4-2-1-3-15(17)13-26-9-6-14(7-10-26)11-23-20(27)19-16-12-22-8-5-18(16)24-25-19;/h1-4,14,22H,5-13H2,(H,23,27)(H,24,25);1H. The van der Waals surface area contributed by atoms with E-state index in [9.17, 15) is 4.79 Å². The zero-order chi connectivity index (χ0) is 18.6. The van der Waals surface area contributed by atoms with Crippen LogP contribution in [-0.4, -0.2) is 47.2 Å². The van der Waals surface area contributed by atoms with Crippen LogP contribution in [0.5, 0.6) is 0 Å². The van der Waals surface area contributed by atoms with Crippen LogP contribution in [0.1, 0.15) is 40.2 Å². The molecule has 4 rings (SSSR count). The molecule has 152 valence electrons. The number of aromatic nitrogens is 2. The number of piperidine rings is 1. The maximum atomic E-state index is 12.5. The molecule has 28 heavy (non-hydrogen) atoms. The fraction of sp³-hybridized carbons (Fsp3) is 0.500. The first kappa shape index (κ1) is 21.1. The van der Waals surface area contributed by atoms with E-state index in [2.05, 4.69) is 31.8 Å². The van der Waals surface area contributed by atoms with Crippen molar-refractivity contribution in [2.24, 2.45) is 5.92 Å². The van der Waals surface area contributed by atoms with Gasteiger partial charge in [0.1, 0.15) is 0 Å². The Morgan fingerprint density at radius 3 is 2.86 bits per heavy atom. The first-order valence-corrected chi connectivity index (χ1v) is 10.1. The van der Waals surface area contributed by atoms with Crippen molar-refractivity contribution in [1.82, 2.24) is 25.7 Å². The summed E-state index contributed by atoms with van der Waals surface area (Å²) in [5.41, 5.74) is 3.84. The number of hydrogen-bond acceptors (Lipinski definition) is 4. The average Bonchev–Trinajstić information content (AvgIpc) is 3.13. The highest BCUT2D eigenvalue weighted by molar-refractivity contribution is 6.31. The molecule has 0 bridgehead atoms. The van der Waals surface area contributed by atoms with Gasteiger partial charge < -0.3 is 10.6 Å². The Hall–Kier alpha value is -1.60. The summed E-state index contributed by atoms with van der Waals surface area (Å²) in [4.78, 5) is 15.0. The minimum absolute atomic E-state index is 0. The van der Waals surface area contributed by atoms with E-state index < -0.39 is 0 Å². The molecule has 0 radical (unpaired) electrons. The first-order valence-electron chi connectivity index (χ1n) is 9.71. The van der Waals surface area contributed by atoms with Crippen molar-refractivity contribution in [3.63, 3.8) is 0 Å². The summed E-state index contributed by atoms with van der Waals surface area (Å²) in [5.74, 6) is 0.457. The van der Waals surface area contributed by atoms with E-state index in [1.165, 1.54) is 5.56 Å². The van der Waals surface area contributed by atoms with E-state index in [-0.39, 0.29) is 18.3 Å². The molecule has 0 spiro atoms. The molecule has 3 N–H and O–H groups in total. The maximum Gasteiger partial charge on any atom is 0.272 e. The van der Waals surface area contributed by atoms with Gasteiger partial charge in [-0.15, -0.1) is 12.4 Å². The molecule has 1 fully saturated rings. The number of fused-ring (bicyclic) bond motifs is 1. The second-order valence-corrected chi connectivity index (χ2v) is 7.88. The SMILES string of the molecule is Cl.O=C(NCC1CCN(Cc2ccccc2Cl)CC1)c1n[nH]c2c1CNCC2. The molecule has 1 aromatic carbocycles. The fourth-order valence-electron chi connectivity index (χ4n) is 3.95. The van der Waals surface area contributed by atoms with Gasteiger partial charge in [0.15, 0.2) is 5.69 Å². The van der Waals surface area contributed by atoms with Gasteiger partial charge in [-0.1, -0.05) is 29.8 Å². The molecule has 1 aromatic heterocycles. The van der Waals surface area contributed by atoms with Gasteiger partial charge in [-0.3, -0.25) is 14.8 Å². The molecule has 8 heteroatoms. The lowest BCUT2D eigenvalue weighted by molar-refractivity contribution is 0.0929. The van der Waals surface area contributed by atoms with Crippen LogP contribution >= 0.6 is 24.0 Å². The predicted molar refractivity (Wildman–Crippen MR) is 113 cm³/mol. The Bertz CT molecular complexity index is 802. The highest BCUT2D eigenvalue weighted by atomic mass is 35.5. The molecule has 6 nitrogen and oxygen atoms in total. The number of carbonyl (C=O) groups is 1. The van der Waals surface area contributed by atoms with E-state index >= 15 is 0 Å². The molecule has 2 aliphatic rings. The normalized spacial score (nSPS) is 17.6. The second kappa shape index (κ2) is 9.74. The average molecular weight is 424 g/mol. The highest BCUT2D eigenvalue weighted by Crippen LogP contribution is 2.22. The van der Waals surface area contributed by atoms with Crippen LogP contribution in [0.25, 0.3) is 0 Å². The third kappa shape index (κ3) is 4.87. The van der Waals surface area contributed by atoms with Crippen molar-refractivity contribution in [1.29, 1.82) is 0 Å². The molecule has 3 heterocycles. The van der Waals surface area contributed by atoms with Crippen LogP contribution < -0.4 is 10.6 Å². The third-order valence-electron chi connectivity index (χ3n) is 5.63. The number of nitrogens with zero attached hydrogens (tertiary/aromatic N) is 2. The van der Waals surface area contributed by atoms with E-state index in [1.54, 1.807) is 0 Å². The summed E-state index contributed by atoms with van der Waals surface area (Å²) in [5, 5.41) is 14.5. The van der Waals surface area contributed by atoms with Crippen LogP contribution in [0.3, 0.4) is 0 Å². The Labute approximate surface area is 176 Å². The van der Waals surface area contributed by atoms with E-state index in [1.807, 2.05) is 18.2 Å². The van der Waals surface area contributed by atoms with Crippen LogP contribution in [0.4, 0.5) is 0 Å². The minimum atomic E-state index is -0.0605. The van der Waals surface area contributed by atoms with Gasteiger partial charge >= 0.3 is 0 Å². The number of carbonyl (C=O) groups excluding carboxylic acids is 1. The Balaban J connectivity index is 0.00000225. The number of nitrogens with one attached hydrogen (secondary N) is 3. The summed E-state index contributed by atoms with van der Waals surface area (Å²) >= 11 is 6.27. The molecule has 1 saturated heterocycles. The number of aromatic amines is 1. The lowest BCUT2D eigenvalue weighted by Crippen LogP contribution is -2.38. The van der Waals surface area contributed by atoms with Crippen molar-refractivity contribution < 1.29 is 4.79 Å². The number of benzene rings is 1. The van der Waals surface area contributed by atoms with Gasteiger partial charge in [-0.05, 0) is 43.5 Å². The van der Waals surface area contributed by atoms with E-state index in [0.29, 0.717) is 18.2 Å². The largest absolute Gasteiger partial charge is 0.350 e. The Morgan fingerprint density at radius 2 is 2.07 bits per heavy atom. The zero-order valence-electron chi connectivity index (χ0n) is 15.8. The topological polar surface area (TPSA) is 73.0 Å². The molecule has 0 aliphatic carbocycles. The predicted octanol–water partition coefficient (Wildman–Crippen LogP) is 2.77. The molecule has 0 unspecified atom stereocenters. The summed E-state index contributed by atoms with van der Waals surface area (Å²) in [6, 6.07) is 8.04. The molecule has 0 atom stereocenters. The summed E-state index contributed by atoms with van der Waals surface area (Å²) in [6.07, 6.45) is 3.08. The Morgan fingerprint density at radius 1 is 1.29 bits per heavy atom. The molecular weight excluding hydrogens is 397 g/mol. The number of rotatable bonds is 5. The quantitative estimate of drug-likeness (QED) is 0.690.